The van der Waals surface area contributed by atoms with Crippen molar-refractivity contribution in [2.24, 2.45) is 5.92 Å². The van der Waals surface area contributed by atoms with Gasteiger partial charge in [0.25, 0.3) is 0 Å². The van der Waals surface area contributed by atoms with Gasteiger partial charge in [-0.05, 0) is 46.0 Å². The standard InChI is InChI=1S/C35H34N2O4S2/c1-22-31(21-42-35-37-30-8-3-4-9-32(30)43-35)40-34(41-33(22)27-12-10-24(20-38)11-13-27)28-16-14-26(15-17-28)29-7-5-6-25(18-29)19-36-23(2)39/h3-18,22,31,33-34,38H,19-21H2,1-2H3,(H,36,39)/t22-,31+,33+,34+/m1/s1. The van der Waals surface area contributed by atoms with Crippen LogP contribution in [0.4, 0.5) is 0 Å². The molecule has 1 saturated heterocycles. The molecule has 0 bridgehead atoms. The molecule has 0 unspecified atom stereocenters. The number of fused-ring (bicyclic) bond motifs is 1. The van der Waals surface area contributed by atoms with Crippen molar-refractivity contribution in [3.63, 3.8) is 0 Å². The Morgan fingerprint density at radius 3 is 2.42 bits per heavy atom. The molecule has 0 radical (unpaired) electrons. The van der Waals surface area contributed by atoms with E-state index in [9.17, 15) is 9.90 Å². The number of thioether (sulfide) groups is 1. The maximum Gasteiger partial charge on any atom is 0.217 e. The highest BCUT2D eigenvalue weighted by Crippen LogP contribution is 2.43. The van der Waals surface area contributed by atoms with Crippen LogP contribution in [0.15, 0.2) is 101 Å². The van der Waals surface area contributed by atoms with Gasteiger partial charge in [0, 0.05) is 30.7 Å². The first-order valence-corrected chi connectivity index (χ1v) is 16.2. The van der Waals surface area contributed by atoms with Crippen molar-refractivity contribution in [3.8, 4) is 11.1 Å². The van der Waals surface area contributed by atoms with Crippen molar-refractivity contribution < 1.29 is 19.4 Å². The fraction of sp³-hybridized carbons (Fsp3) is 0.257. The molecule has 0 aliphatic carbocycles. The summed E-state index contributed by atoms with van der Waals surface area (Å²) in [4.78, 5) is 16.2. The van der Waals surface area contributed by atoms with E-state index in [1.807, 2.05) is 48.5 Å². The van der Waals surface area contributed by atoms with Crippen LogP contribution in [-0.2, 0) is 27.4 Å². The summed E-state index contributed by atoms with van der Waals surface area (Å²) < 4.78 is 15.5. The number of hydrogen-bond donors (Lipinski definition) is 2. The zero-order valence-electron chi connectivity index (χ0n) is 24.1. The van der Waals surface area contributed by atoms with E-state index in [1.54, 1.807) is 23.1 Å². The second-order valence-corrected chi connectivity index (χ2v) is 13.1. The zero-order chi connectivity index (χ0) is 29.8. The Hall–Kier alpha value is -3.53. The van der Waals surface area contributed by atoms with E-state index in [0.717, 1.165) is 49.0 Å². The molecule has 2 N–H and O–H groups in total. The maximum absolute atomic E-state index is 11.3. The fourth-order valence-electron chi connectivity index (χ4n) is 5.30. The van der Waals surface area contributed by atoms with Gasteiger partial charge in [-0.15, -0.1) is 11.3 Å². The summed E-state index contributed by atoms with van der Waals surface area (Å²) >= 11 is 3.44. The van der Waals surface area contributed by atoms with E-state index in [4.69, 9.17) is 14.5 Å². The second kappa shape index (κ2) is 13.4. The normalized spacial score (nSPS) is 20.3. The van der Waals surface area contributed by atoms with Crippen molar-refractivity contribution in [3.05, 3.63) is 119 Å². The lowest BCUT2D eigenvalue weighted by Gasteiger charge is -2.41. The molecule has 5 aromatic rings. The number of hydrogen-bond acceptors (Lipinski definition) is 7. The Balaban J connectivity index is 1.23. The summed E-state index contributed by atoms with van der Waals surface area (Å²) in [6.45, 7) is 4.22. The van der Waals surface area contributed by atoms with Crippen LogP contribution in [-0.4, -0.2) is 27.9 Å². The van der Waals surface area contributed by atoms with Crippen LogP contribution in [0.2, 0.25) is 0 Å². The second-order valence-electron chi connectivity index (χ2n) is 10.8. The average molecular weight is 611 g/mol. The SMILES string of the molecule is CC(=O)NCc1cccc(-c2ccc([C@H]3O[C@@H](CSc4nc5ccccc5s4)[C@@H](C)[C@@H](c4ccc(CO)cc4)O3)cc2)c1. The van der Waals surface area contributed by atoms with Crippen LogP contribution < -0.4 is 5.32 Å². The van der Waals surface area contributed by atoms with Crippen molar-refractivity contribution in [1.82, 2.24) is 10.3 Å². The van der Waals surface area contributed by atoms with Gasteiger partial charge in [0.15, 0.2) is 10.6 Å². The number of benzene rings is 4. The Morgan fingerprint density at radius 1 is 0.907 bits per heavy atom. The molecule has 0 saturated carbocycles. The van der Waals surface area contributed by atoms with E-state index in [-0.39, 0.29) is 30.6 Å². The summed E-state index contributed by atoms with van der Waals surface area (Å²) in [5, 5.41) is 12.4. The number of para-hydroxylation sites is 1. The number of aliphatic hydroxyl groups is 1. The van der Waals surface area contributed by atoms with Gasteiger partial charge in [-0.3, -0.25) is 4.79 Å². The van der Waals surface area contributed by atoms with Gasteiger partial charge < -0.3 is 19.9 Å². The minimum absolute atomic E-state index is 0.0109. The van der Waals surface area contributed by atoms with Crippen LogP contribution in [0.3, 0.4) is 0 Å². The van der Waals surface area contributed by atoms with Gasteiger partial charge in [0.2, 0.25) is 5.91 Å². The first kappa shape index (κ1) is 29.5. The third kappa shape index (κ3) is 7.00. The summed E-state index contributed by atoms with van der Waals surface area (Å²) in [5.41, 5.74) is 7.14. The molecule has 6 nitrogen and oxygen atoms in total. The Bertz CT molecular complexity index is 1650. The van der Waals surface area contributed by atoms with Gasteiger partial charge in [-0.2, -0.15) is 0 Å². The molecule has 4 atom stereocenters. The van der Waals surface area contributed by atoms with E-state index < -0.39 is 6.29 Å². The number of aromatic nitrogens is 1. The smallest absolute Gasteiger partial charge is 0.217 e. The van der Waals surface area contributed by atoms with Gasteiger partial charge >= 0.3 is 0 Å². The van der Waals surface area contributed by atoms with Crippen molar-refractivity contribution in [2.75, 3.05) is 5.75 Å². The van der Waals surface area contributed by atoms with E-state index >= 15 is 0 Å². The highest BCUT2D eigenvalue weighted by Gasteiger charge is 2.38. The lowest BCUT2D eigenvalue weighted by Crippen LogP contribution is -2.38. The number of aliphatic hydroxyl groups excluding tert-OH is 1. The van der Waals surface area contributed by atoms with Crippen LogP contribution in [0.25, 0.3) is 21.3 Å². The first-order valence-electron chi connectivity index (χ1n) is 14.4. The van der Waals surface area contributed by atoms with Gasteiger partial charge in [-0.1, -0.05) is 97.5 Å². The minimum Gasteiger partial charge on any atom is -0.392 e. The predicted molar refractivity (Wildman–Crippen MR) is 173 cm³/mol. The highest BCUT2D eigenvalue weighted by molar-refractivity contribution is 8.01. The highest BCUT2D eigenvalue weighted by atomic mass is 32.2. The fourth-order valence-corrected chi connectivity index (χ4v) is 7.55. The molecule has 8 heteroatoms. The number of thiazole rings is 1. The van der Waals surface area contributed by atoms with Gasteiger partial charge in [0.05, 0.1) is 29.0 Å². The number of rotatable bonds is 9. The molecule has 1 aliphatic rings. The van der Waals surface area contributed by atoms with Crippen molar-refractivity contribution in [2.45, 2.75) is 49.8 Å². The third-order valence-corrected chi connectivity index (χ3v) is 10.0. The van der Waals surface area contributed by atoms with Crippen LogP contribution >= 0.6 is 23.1 Å². The van der Waals surface area contributed by atoms with E-state index in [1.165, 1.54) is 11.6 Å². The summed E-state index contributed by atoms with van der Waals surface area (Å²) in [5.74, 6) is 0.810. The van der Waals surface area contributed by atoms with Crippen LogP contribution in [0, 0.1) is 5.92 Å². The number of nitrogens with zero attached hydrogens (tertiary/aromatic N) is 1. The van der Waals surface area contributed by atoms with E-state index in [2.05, 4.69) is 60.8 Å². The predicted octanol–water partition coefficient (Wildman–Crippen LogP) is 7.68. The van der Waals surface area contributed by atoms with Crippen LogP contribution in [0.5, 0.6) is 0 Å². The lowest BCUT2D eigenvalue weighted by atomic mass is 9.91. The summed E-state index contributed by atoms with van der Waals surface area (Å²) in [6.07, 6.45) is -0.763. The monoisotopic (exact) mass is 610 g/mol. The largest absolute Gasteiger partial charge is 0.392 e. The molecule has 1 amide bonds. The molecule has 43 heavy (non-hydrogen) atoms. The maximum atomic E-state index is 11.3. The lowest BCUT2D eigenvalue weighted by molar-refractivity contribution is -0.268. The Morgan fingerprint density at radius 2 is 1.67 bits per heavy atom. The average Bonchev–Trinajstić information content (AvgIpc) is 3.47. The topological polar surface area (TPSA) is 80.7 Å². The Kier molecular flexibility index (Phi) is 9.21. The summed E-state index contributed by atoms with van der Waals surface area (Å²) in [7, 11) is 0. The van der Waals surface area contributed by atoms with Crippen LogP contribution in [0.1, 0.15) is 48.5 Å². The third-order valence-electron chi connectivity index (χ3n) is 7.75. The number of ether oxygens (including phenoxy) is 2. The minimum atomic E-state index is -0.528. The molecule has 1 aromatic heterocycles. The Labute approximate surface area is 260 Å². The number of nitrogens with one attached hydrogen (secondary N) is 1. The molecular formula is C35H34N2O4S2. The molecule has 6 rings (SSSR count). The summed E-state index contributed by atoms with van der Waals surface area (Å²) in [6, 6.07) is 32.7. The van der Waals surface area contributed by atoms with Gasteiger partial charge in [-0.25, -0.2) is 4.98 Å². The molecule has 1 fully saturated rings. The number of amides is 1. The molecular weight excluding hydrogens is 577 g/mol. The van der Waals surface area contributed by atoms with Gasteiger partial charge in [0.1, 0.15) is 0 Å². The first-order chi connectivity index (χ1) is 21.0. The number of carbonyl (C=O) groups is 1. The molecule has 0 spiro atoms. The van der Waals surface area contributed by atoms with Crippen molar-refractivity contribution in [1.29, 1.82) is 0 Å². The number of carbonyl (C=O) groups excluding carboxylic acids is 1. The molecule has 220 valence electrons. The zero-order valence-corrected chi connectivity index (χ0v) is 25.7. The molecule has 2 heterocycles. The molecule has 4 aromatic carbocycles. The van der Waals surface area contributed by atoms with E-state index in [0.29, 0.717) is 6.54 Å². The van der Waals surface area contributed by atoms with Crippen molar-refractivity contribution >= 4 is 39.2 Å². The molecule has 1 aliphatic heterocycles. The quantitative estimate of drug-likeness (QED) is 0.167.